The molecule has 1 nitrogen and oxygen atoms in total. The van der Waals surface area contributed by atoms with Crippen LogP contribution in [0.3, 0.4) is 0 Å². The lowest BCUT2D eigenvalue weighted by Crippen LogP contribution is -1.97. The van der Waals surface area contributed by atoms with E-state index in [4.69, 9.17) is 0 Å². The van der Waals surface area contributed by atoms with Gasteiger partial charge in [-0.1, -0.05) is 15.9 Å². The number of hydrogen-bond donors (Lipinski definition) is 1. The molecule has 0 atom stereocenters. The maximum atomic E-state index is 3.54. The number of thiophene rings is 1. The maximum absolute atomic E-state index is 3.54. The third kappa shape index (κ3) is 3.33. The van der Waals surface area contributed by atoms with Gasteiger partial charge in [0.15, 0.2) is 0 Å². The predicted octanol–water partition coefficient (Wildman–Crippen LogP) is 5.50. The topological polar surface area (TPSA) is 12.0 Å². The van der Waals surface area contributed by atoms with Gasteiger partial charge < -0.3 is 5.32 Å². The minimum Gasteiger partial charge on any atom is -0.380 e. The van der Waals surface area contributed by atoms with Crippen LogP contribution in [0.15, 0.2) is 33.2 Å². The zero-order chi connectivity index (χ0) is 12.4. The molecule has 90 valence electrons. The molecule has 4 heteroatoms. The van der Waals surface area contributed by atoms with Crippen LogP contribution in [0.4, 0.5) is 5.69 Å². The van der Waals surface area contributed by atoms with Crippen molar-refractivity contribution in [2.24, 2.45) is 0 Å². The lowest BCUT2D eigenvalue weighted by atomic mass is 10.2. The molecular formula is C13H13Br2NS. The number of aryl methyl sites for hydroxylation is 2. The smallest absolute Gasteiger partial charge is 0.0494 e. The quantitative estimate of drug-likeness (QED) is 0.747. The first kappa shape index (κ1) is 13.1. The Morgan fingerprint density at radius 2 is 1.88 bits per heavy atom. The Labute approximate surface area is 123 Å². The molecule has 0 aliphatic rings. The van der Waals surface area contributed by atoms with E-state index in [0.29, 0.717) is 0 Å². The van der Waals surface area contributed by atoms with Crippen molar-refractivity contribution in [1.82, 2.24) is 0 Å². The van der Waals surface area contributed by atoms with Gasteiger partial charge in [0.25, 0.3) is 0 Å². The van der Waals surface area contributed by atoms with E-state index in [1.807, 2.05) is 11.3 Å². The van der Waals surface area contributed by atoms with Gasteiger partial charge in [-0.2, -0.15) is 0 Å². The van der Waals surface area contributed by atoms with Crippen LogP contribution in [-0.4, -0.2) is 0 Å². The first-order chi connectivity index (χ1) is 8.06. The normalized spacial score (nSPS) is 10.6. The largest absolute Gasteiger partial charge is 0.380 e. The molecule has 1 aromatic heterocycles. The zero-order valence-corrected chi connectivity index (χ0v) is 13.7. The first-order valence-electron chi connectivity index (χ1n) is 5.31. The van der Waals surface area contributed by atoms with Gasteiger partial charge >= 0.3 is 0 Å². The van der Waals surface area contributed by atoms with Crippen molar-refractivity contribution in [3.05, 3.63) is 48.5 Å². The van der Waals surface area contributed by atoms with Crippen LogP contribution in [0.25, 0.3) is 0 Å². The highest BCUT2D eigenvalue weighted by Crippen LogP contribution is 2.27. The average molecular weight is 375 g/mol. The second-order valence-corrected chi connectivity index (χ2v) is 6.98. The molecule has 0 saturated heterocycles. The fourth-order valence-corrected chi connectivity index (χ4v) is 3.34. The molecule has 2 aromatic rings. The van der Waals surface area contributed by atoms with Gasteiger partial charge in [0, 0.05) is 30.9 Å². The molecule has 0 amide bonds. The van der Waals surface area contributed by atoms with E-state index in [2.05, 4.69) is 75.3 Å². The molecule has 1 aromatic carbocycles. The van der Waals surface area contributed by atoms with Gasteiger partial charge in [0.05, 0.1) is 0 Å². The van der Waals surface area contributed by atoms with E-state index in [-0.39, 0.29) is 0 Å². The summed E-state index contributed by atoms with van der Waals surface area (Å²) in [5.74, 6) is 0. The molecular weight excluding hydrogens is 362 g/mol. The highest BCUT2D eigenvalue weighted by molar-refractivity contribution is 9.10. The monoisotopic (exact) mass is 373 g/mol. The summed E-state index contributed by atoms with van der Waals surface area (Å²) in [6.45, 7) is 5.10. The Hall–Kier alpha value is -0.320. The fraction of sp³-hybridized carbons (Fsp3) is 0.231. The average Bonchev–Trinajstić information content (AvgIpc) is 2.60. The molecule has 0 unspecified atom stereocenters. The van der Waals surface area contributed by atoms with Crippen molar-refractivity contribution < 1.29 is 0 Å². The Balaban J connectivity index is 2.04. The molecule has 0 bridgehead atoms. The Kier molecular flexibility index (Phi) is 4.28. The van der Waals surface area contributed by atoms with Crippen LogP contribution < -0.4 is 5.32 Å². The second-order valence-electron chi connectivity index (χ2n) is 3.93. The van der Waals surface area contributed by atoms with Crippen molar-refractivity contribution in [3.63, 3.8) is 0 Å². The Morgan fingerprint density at radius 1 is 1.12 bits per heavy atom. The Bertz CT molecular complexity index is 515. The maximum Gasteiger partial charge on any atom is 0.0494 e. The summed E-state index contributed by atoms with van der Waals surface area (Å²) in [4.78, 5) is 2.67. The van der Waals surface area contributed by atoms with Crippen LogP contribution in [0, 0.1) is 13.8 Å². The number of anilines is 1. The molecule has 0 saturated carbocycles. The summed E-state index contributed by atoms with van der Waals surface area (Å²) in [5.41, 5.74) is 2.41. The molecule has 17 heavy (non-hydrogen) atoms. The standard InChI is InChI=1S/C13H13Br2NS/c1-8-5-10(3-4-12(8)14)16-7-11-6-13(15)9(2)17-11/h3-6,16H,7H2,1-2H3. The molecule has 0 spiro atoms. The van der Waals surface area contributed by atoms with Crippen LogP contribution >= 0.6 is 43.2 Å². The van der Waals surface area contributed by atoms with Crippen LogP contribution in [0.2, 0.25) is 0 Å². The Morgan fingerprint density at radius 3 is 2.47 bits per heavy atom. The molecule has 0 radical (unpaired) electrons. The van der Waals surface area contributed by atoms with Crippen LogP contribution in [-0.2, 0) is 6.54 Å². The fourth-order valence-electron chi connectivity index (χ4n) is 1.55. The van der Waals surface area contributed by atoms with Crippen molar-refractivity contribution in [1.29, 1.82) is 0 Å². The number of rotatable bonds is 3. The summed E-state index contributed by atoms with van der Waals surface area (Å²) in [5, 5.41) is 3.44. The predicted molar refractivity (Wildman–Crippen MR) is 83.0 cm³/mol. The summed E-state index contributed by atoms with van der Waals surface area (Å²) >= 11 is 8.87. The lowest BCUT2D eigenvalue weighted by Gasteiger charge is -2.06. The van der Waals surface area contributed by atoms with Crippen molar-refractivity contribution >= 4 is 48.9 Å². The third-order valence-corrected chi connectivity index (χ3v) is 5.56. The molecule has 0 aliphatic heterocycles. The van der Waals surface area contributed by atoms with E-state index in [1.54, 1.807) is 0 Å². The zero-order valence-electron chi connectivity index (χ0n) is 9.68. The summed E-state index contributed by atoms with van der Waals surface area (Å²) < 4.78 is 2.35. The van der Waals surface area contributed by atoms with Gasteiger partial charge in [0.1, 0.15) is 0 Å². The van der Waals surface area contributed by atoms with Gasteiger partial charge in [-0.15, -0.1) is 11.3 Å². The number of benzene rings is 1. The number of nitrogens with one attached hydrogen (secondary N) is 1. The van der Waals surface area contributed by atoms with Gasteiger partial charge in [-0.25, -0.2) is 0 Å². The highest BCUT2D eigenvalue weighted by Gasteiger charge is 2.03. The summed E-state index contributed by atoms with van der Waals surface area (Å²) in [6.07, 6.45) is 0. The van der Waals surface area contributed by atoms with E-state index in [1.165, 1.54) is 19.8 Å². The SMILES string of the molecule is Cc1cc(NCc2cc(Br)c(C)s2)ccc1Br. The van der Waals surface area contributed by atoms with E-state index < -0.39 is 0 Å². The van der Waals surface area contributed by atoms with Crippen molar-refractivity contribution in [2.45, 2.75) is 20.4 Å². The first-order valence-corrected chi connectivity index (χ1v) is 7.71. The van der Waals surface area contributed by atoms with Crippen LogP contribution in [0.1, 0.15) is 15.3 Å². The third-order valence-electron chi connectivity index (χ3n) is 2.53. The minimum atomic E-state index is 0.873. The van der Waals surface area contributed by atoms with E-state index >= 15 is 0 Å². The minimum absolute atomic E-state index is 0.873. The summed E-state index contributed by atoms with van der Waals surface area (Å²) in [7, 11) is 0. The van der Waals surface area contributed by atoms with E-state index in [0.717, 1.165) is 16.7 Å². The number of halogens is 2. The lowest BCUT2D eigenvalue weighted by molar-refractivity contribution is 1.19. The second kappa shape index (κ2) is 5.55. The van der Waals surface area contributed by atoms with E-state index in [9.17, 15) is 0 Å². The molecule has 2 rings (SSSR count). The molecule has 1 heterocycles. The van der Waals surface area contributed by atoms with Gasteiger partial charge in [0.2, 0.25) is 0 Å². The van der Waals surface area contributed by atoms with Gasteiger partial charge in [-0.3, -0.25) is 0 Å². The molecule has 0 aliphatic carbocycles. The van der Waals surface area contributed by atoms with Crippen molar-refractivity contribution in [2.75, 3.05) is 5.32 Å². The highest BCUT2D eigenvalue weighted by atomic mass is 79.9. The summed E-state index contributed by atoms with van der Waals surface area (Å²) in [6, 6.07) is 8.50. The van der Waals surface area contributed by atoms with Crippen molar-refractivity contribution in [3.8, 4) is 0 Å². The van der Waals surface area contributed by atoms with Crippen LogP contribution in [0.5, 0.6) is 0 Å². The van der Waals surface area contributed by atoms with Gasteiger partial charge in [-0.05, 0) is 59.6 Å². The molecule has 1 N–H and O–H groups in total. The molecule has 0 fully saturated rings. The number of hydrogen-bond acceptors (Lipinski definition) is 2.